The van der Waals surface area contributed by atoms with Crippen LogP contribution in [0.1, 0.15) is 18.5 Å². The Balaban J connectivity index is 1.89. The van der Waals surface area contributed by atoms with E-state index in [2.05, 4.69) is 103 Å². The smallest absolute Gasteiger partial charge is 0.141 e. The number of aromatic nitrogens is 2. The van der Waals surface area contributed by atoms with Crippen molar-refractivity contribution >= 4 is 16.7 Å². The Morgan fingerprint density at radius 3 is 2.15 bits per heavy atom. The van der Waals surface area contributed by atoms with E-state index in [4.69, 9.17) is 4.98 Å². The van der Waals surface area contributed by atoms with Gasteiger partial charge in [0, 0.05) is 25.3 Å². The Kier molecular flexibility index (Phi) is 4.21. The second-order valence-corrected chi connectivity index (χ2v) is 6.82. The van der Waals surface area contributed by atoms with E-state index in [0.29, 0.717) is 0 Å². The van der Waals surface area contributed by atoms with Gasteiger partial charge in [-0.1, -0.05) is 42.5 Å². The number of para-hydroxylation sites is 2. The first-order chi connectivity index (χ1) is 12.6. The summed E-state index contributed by atoms with van der Waals surface area (Å²) >= 11 is 0. The summed E-state index contributed by atoms with van der Waals surface area (Å²) in [6.45, 7) is 2.24. The highest BCUT2D eigenvalue weighted by molar-refractivity contribution is 5.81. The summed E-state index contributed by atoms with van der Waals surface area (Å²) in [4.78, 5) is 7.06. The van der Waals surface area contributed by atoms with Gasteiger partial charge in [0.25, 0.3) is 0 Å². The second kappa shape index (κ2) is 6.68. The fourth-order valence-electron chi connectivity index (χ4n) is 3.43. The Bertz CT molecular complexity index is 1010. The van der Waals surface area contributed by atoms with Crippen LogP contribution in [0.4, 0.5) is 5.69 Å². The molecule has 1 heterocycles. The van der Waals surface area contributed by atoms with Gasteiger partial charge in [0.05, 0.1) is 17.1 Å². The zero-order valence-electron chi connectivity index (χ0n) is 15.4. The summed E-state index contributed by atoms with van der Waals surface area (Å²) in [5.41, 5.74) is 5.79. The van der Waals surface area contributed by atoms with Crippen LogP contribution in [-0.4, -0.2) is 23.6 Å². The monoisotopic (exact) mass is 341 g/mol. The van der Waals surface area contributed by atoms with Crippen molar-refractivity contribution in [2.45, 2.75) is 13.0 Å². The third-order valence-electron chi connectivity index (χ3n) is 4.91. The maximum absolute atomic E-state index is 4.95. The molecule has 3 heteroatoms. The molecule has 0 saturated carbocycles. The molecule has 3 aromatic carbocycles. The number of hydrogen-bond donors (Lipinski definition) is 0. The molecule has 1 atom stereocenters. The Hall–Kier alpha value is -3.07. The highest BCUT2D eigenvalue weighted by Crippen LogP contribution is 2.32. The lowest BCUT2D eigenvalue weighted by Crippen LogP contribution is -2.09. The van der Waals surface area contributed by atoms with Crippen LogP contribution in [0.3, 0.4) is 0 Å². The zero-order valence-corrected chi connectivity index (χ0v) is 15.4. The van der Waals surface area contributed by atoms with Crippen LogP contribution in [0.15, 0.2) is 78.9 Å². The molecule has 3 nitrogen and oxygen atoms in total. The molecule has 0 unspecified atom stereocenters. The van der Waals surface area contributed by atoms with Gasteiger partial charge in [0.1, 0.15) is 5.82 Å². The highest BCUT2D eigenvalue weighted by atomic mass is 15.1. The Morgan fingerprint density at radius 1 is 0.808 bits per heavy atom. The van der Waals surface area contributed by atoms with Crippen molar-refractivity contribution in [1.82, 2.24) is 9.55 Å². The molecule has 1 aromatic heterocycles. The van der Waals surface area contributed by atoms with Gasteiger partial charge in [-0.15, -0.1) is 0 Å². The van der Waals surface area contributed by atoms with Crippen molar-refractivity contribution in [2.75, 3.05) is 19.0 Å². The zero-order chi connectivity index (χ0) is 18.1. The number of benzene rings is 3. The fourth-order valence-corrected chi connectivity index (χ4v) is 3.43. The number of anilines is 1. The van der Waals surface area contributed by atoms with E-state index in [1.165, 1.54) is 11.3 Å². The van der Waals surface area contributed by atoms with E-state index in [1.807, 2.05) is 6.07 Å². The number of hydrogen-bond acceptors (Lipinski definition) is 2. The molecule has 0 N–H and O–H groups in total. The van der Waals surface area contributed by atoms with E-state index in [1.54, 1.807) is 0 Å². The summed E-state index contributed by atoms with van der Waals surface area (Å²) in [5.74, 6) is 1.01. The molecule has 26 heavy (non-hydrogen) atoms. The van der Waals surface area contributed by atoms with E-state index in [0.717, 1.165) is 22.4 Å². The van der Waals surface area contributed by atoms with E-state index >= 15 is 0 Å². The van der Waals surface area contributed by atoms with Crippen LogP contribution in [0, 0.1) is 0 Å². The number of rotatable bonds is 4. The minimum absolute atomic E-state index is 0.201. The average Bonchev–Trinajstić information content (AvgIpc) is 3.07. The third kappa shape index (κ3) is 2.86. The van der Waals surface area contributed by atoms with Gasteiger partial charge in [-0.2, -0.15) is 0 Å². The van der Waals surface area contributed by atoms with Crippen LogP contribution < -0.4 is 4.90 Å². The average molecular weight is 341 g/mol. The molecule has 0 fully saturated rings. The highest BCUT2D eigenvalue weighted by Gasteiger charge is 2.18. The maximum Gasteiger partial charge on any atom is 0.141 e. The number of imidazole rings is 1. The number of nitrogens with zero attached hydrogens (tertiary/aromatic N) is 3. The lowest BCUT2D eigenvalue weighted by molar-refractivity contribution is 0.665. The lowest BCUT2D eigenvalue weighted by Gasteiger charge is -2.19. The van der Waals surface area contributed by atoms with E-state index in [-0.39, 0.29) is 6.04 Å². The second-order valence-electron chi connectivity index (χ2n) is 6.82. The Morgan fingerprint density at radius 2 is 1.46 bits per heavy atom. The van der Waals surface area contributed by atoms with Gasteiger partial charge in [0.2, 0.25) is 0 Å². The predicted molar refractivity (Wildman–Crippen MR) is 110 cm³/mol. The molecule has 0 spiro atoms. The van der Waals surface area contributed by atoms with Crippen molar-refractivity contribution in [2.24, 2.45) is 0 Å². The normalized spacial score (nSPS) is 12.3. The van der Waals surface area contributed by atoms with Crippen LogP contribution in [0.25, 0.3) is 22.4 Å². The van der Waals surface area contributed by atoms with E-state index in [9.17, 15) is 0 Å². The first kappa shape index (κ1) is 16.4. The van der Waals surface area contributed by atoms with Gasteiger partial charge in [-0.3, -0.25) is 0 Å². The lowest BCUT2D eigenvalue weighted by atomic mass is 10.1. The molecule has 0 aliphatic heterocycles. The molecule has 4 rings (SSSR count). The van der Waals surface area contributed by atoms with Gasteiger partial charge in [-0.25, -0.2) is 4.98 Å². The molecule has 0 aliphatic rings. The largest absolute Gasteiger partial charge is 0.378 e. The van der Waals surface area contributed by atoms with Crippen molar-refractivity contribution in [3.8, 4) is 11.4 Å². The maximum atomic E-state index is 4.95. The standard InChI is InChI=1S/C23H23N3/c1-17(18-9-5-4-6-10-18)26-22-12-8-7-11-21(22)24-23(26)19-13-15-20(16-14-19)25(2)3/h4-17H,1-3H3/t17-/m1/s1. The summed E-state index contributed by atoms with van der Waals surface area (Å²) < 4.78 is 2.34. The fraction of sp³-hybridized carbons (Fsp3) is 0.174. The van der Waals surface area contributed by atoms with Gasteiger partial charge >= 0.3 is 0 Å². The summed E-state index contributed by atoms with van der Waals surface area (Å²) in [7, 11) is 4.11. The molecule has 0 amide bonds. The molecule has 0 bridgehead atoms. The van der Waals surface area contributed by atoms with E-state index < -0.39 is 0 Å². The minimum atomic E-state index is 0.201. The van der Waals surface area contributed by atoms with Gasteiger partial charge < -0.3 is 9.47 Å². The van der Waals surface area contributed by atoms with Crippen LogP contribution in [0.5, 0.6) is 0 Å². The molecule has 0 radical (unpaired) electrons. The van der Waals surface area contributed by atoms with Crippen LogP contribution in [0.2, 0.25) is 0 Å². The topological polar surface area (TPSA) is 21.1 Å². The summed E-state index contributed by atoms with van der Waals surface area (Å²) in [5, 5.41) is 0. The summed E-state index contributed by atoms with van der Waals surface area (Å²) in [6, 6.07) is 27.8. The van der Waals surface area contributed by atoms with Gasteiger partial charge in [-0.05, 0) is 48.9 Å². The summed E-state index contributed by atoms with van der Waals surface area (Å²) in [6.07, 6.45) is 0. The predicted octanol–water partition coefficient (Wildman–Crippen LogP) is 5.38. The minimum Gasteiger partial charge on any atom is -0.378 e. The molecular formula is C23H23N3. The third-order valence-corrected chi connectivity index (χ3v) is 4.91. The molecule has 0 aliphatic carbocycles. The molecule has 130 valence electrons. The Labute approximate surface area is 154 Å². The van der Waals surface area contributed by atoms with Crippen molar-refractivity contribution in [1.29, 1.82) is 0 Å². The van der Waals surface area contributed by atoms with Crippen molar-refractivity contribution in [3.63, 3.8) is 0 Å². The molecule has 0 saturated heterocycles. The van der Waals surface area contributed by atoms with Crippen LogP contribution in [-0.2, 0) is 0 Å². The van der Waals surface area contributed by atoms with Gasteiger partial charge in [0.15, 0.2) is 0 Å². The number of fused-ring (bicyclic) bond motifs is 1. The first-order valence-electron chi connectivity index (χ1n) is 8.95. The molecular weight excluding hydrogens is 318 g/mol. The van der Waals surface area contributed by atoms with Crippen LogP contribution >= 0.6 is 0 Å². The van der Waals surface area contributed by atoms with Crippen molar-refractivity contribution < 1.29 is 0 Å². The molecule has 4 aromatic rings. The first-order valence-corrected chi connectivity index (χ1v) is 8.95. The quantitative estimate of drug-likeness (QED) is 0.497. The SMILES string of the molecule is C[C@H](c1ccccc1)n1c(-c2ccc(N(C)C)cc2)nc2ccccc21. The van der Waals surface area contributed by atoms with Crippen molar-refractivity contribution in [3.05, 3.63) is 84.4 Å².